The van der Waals surface area contributed by atoms with Gasteiger partial charge in [-0.2, -0.15) is 5.10 Å². The lowest BCUT2D eigenvalue weighted by atomic mass is 10.2. The molecule has 0 radical (unpaired) electrons. The van der Waals surface area contributed by atoms with Crippen LogP contribution < -0.4 is 5.73 Å². The largest absolute Gasteiger partial charge is 0.476 e. The lowest BCUT2D eigenvalue weighted by Gasteiger charge is -2.10. The molecule has 9 nitrogen and oxygen atoms in total. The van der Waals surface area contributed by atoms with Crippen LogP contribution in [0.4, 0.5) is 0 Å². The molecule has 0 spiro atoms. The summed E-state index contributed by atoms with van der Waals surface area (Å²) in [4.78, 5) is 22.4. The van der Waals surface area contributed by atoms with Crippen LogP contribution >= 0.6 is 0 Å². The first-order chi connectivity index (χ1) is 8.91. The fourth-order valence-electron chi connectivity index (χ4n) is 1.64. The third kappa shape index (κ3) is 2.17. The van der Waals surface area contributed by atoms with Gasteiger partial charge < -0.3 is 10.8 Å². The first-order valence-electron chi connectivity index (χ1n) is 5.38. The minimum Gasteiger partial charge on any atom is -0.476 e. The van der Waals surface area contributed by atoms with E-state index in [9.17, 15) is 9.59 Å². The number of carboxylic acids is 1. The number of carbonyl (C=O) groups is 2. The fraction of sp³-hybridized carbons (Fsp3) is 0.300. The number of amides is 1. The molecule has 1 amide bonds. The van der Waals surface area contributed by atoms with Gasteiger partial charge >= 0.3 is 5.97 Å². The summed E-state index contributed by atoms with van der Waals surface area (Å²) in [5.74, 6) is -1.87. The lowest BCUT2D eigenvalue weighted by molar-refractivity contribution is -0.120. The minimum atomic E-state index is -1.23. The third-order valence-electron chi connectivity index (χ3n) is 2.65. The van der Waals surface area contributed by atoms with E-state index in [2.05, 4.69) is 15.4 Å². The van der Waals surface area contributed by atoms with Crippen molar-refractivity contribution in [1.82, 2.24) is 24.8 Å². The van der Waals surface area contributed by atoms with E-state index in [4.69, 9.17) is 10.8 Å². The van der Waals surface area contributed by atoms with Crippen LogP contribution in [0.3, 0.4) is 0 Å². The fourth-order valence-corrected chi connectivity index (χ4v) is 1.64. The molecule has 0 aliphatic carbocycles. The maximum Gasteiger partial charge on any atom is 0.358 e. The summed E-state index contributed by atoms with van der Waals surface area (Å²) in [5.41, 5.74) is 5.66. The topological polar surface area (TPSA) is 129 Å². The molecule has 2 aromatic rings. The molecule has 0 aliphatic rings. The molecule has 2 aromatic heterocycles. The van der Waals surface area contributed by atoms with Gasteiger partial charge in [0.25, 0.3) is 0 Å². The number of primary amides is 1. The van der Waals surface area contributed by atoms with Gasteiger partial charge in [0.15, 0.2) is 5.69 Å². The Hall–Kier alpha value is -2.71. The SMILES string of the molecule is CC(C(N)=O)n1nnc(C(=O)O)c1-c1cnn(C)c1. The Morgan fingerprint density at radius 3 is 2.63 bits per heavy atom. The first-order valence-corrected chi connectivity index (χ1v) is 5.38. The van der Waals surface area contributed by atoms with Crippen LogP contribution in [0.25, 0.3) is 11.3 Å². The molecule has 2 rings (SSSR count). The van der Waals surface area contributed by atoms with Gasteiger partial charge in [0.1, 0.15) is 11.7 Å². The van der Waals surface area contributed by atoms with Gasteiger partial charge in [0, 0.05) is 18.8 Å². The summed E-state index contributed by atoms with van der Waals surface area (Å²) in [6.07, 6.45) is 3.07. The predicted octanol–water partition coefficient (Wildman–Crippen LogP) is -0.577. The van der Waals surface area contributed by atoms with Crippen molar-refractivity contribution in [3.8, 4) is 11.3 Å². The van der Waals surface area contributed by atoms with E-state index in [0.29, 0.717) is 5.56 Å². The number of aryl methyl sites for hydroxylation is 1. The summed E-state index contributed by atoms with van der Waals surface area (Å²) >= 11 is 0. The average Bonchev–Trinajstić information content (AvgIpc) is 2.92. The third-order valence-corrected chi connectivity index (χ3v) is 2.65. The molecule has 0 aromatic carbocycles. The zero-order valence-electron chi connectivity index (χ0n) is 10.3. The van der Waals surface area contributed by atoms with Crippen LogP contribution in [0.1, 0.15) is 23.5 Å². The zero-order chi connectivity index (χ0) is 14.2. The van der Waals surface area contributed by atoms with Crippen LogP contribution in [0.15, 0.2) is 12.4 Å². The molecule has 1 atom stereocenters. The molecular weight excluding hydrogens is 252 g/mol. The molecular formula is C10H12N6O3. The van der Waals surface area contributed by atoms with Gasteiger partial charge in [-0.3, -0.25) is 9.48 Å². The van der Waals surface area contributed by atoms with Crippen LogP contribution in [-0.4, -0.2) is 41.8 Å². The molecule has 0 aliphatic heterocycles. The average molecular weight is 264 g/mol. The summed E-state index contributed by atoms with van der Waals surface area (Å²) in [7, 11) is 1.69. The first kappa shape index (κ1) is 12.7. The van der Waals surface area contributed by atoms with E-state index in [1.165, 1.54) is 22.5 Å². The van der Waals surface area contributed by atoms with Gasteiger partial charge in [-0.25, -0.2) is 9.48 Å². The number of hydrogen-bond acceptors (Lipinski definition) is 5. The minimum absolute atomic E-state index is 0.201. The van der Waals surface area contributed by atoms with Crippen LogP contribution in [0, 0.1) is 0 Å². The van der Waals surface area contributed by atoms with E-state index >= 15 is 0 Å². The van der Waals surface area contributed by atoms with Crippen molar-refractivity contribution in [1.29, 1.82) is 0 Å². The van der Waals surface area contributed by atoms with Crippen molar-refractivity contribution in [2.45, 2.75) is 13.0 Å². The Bertz CT molecular complexity index is 643. The van der Waals surface area contributed by atoms with Gasteiger partial charge in [-0.15, -0.1) is 5.10 Å². The standard InChI is InChI=1S/C10H12N6O3/c1-5(9(11)17)16-8(6-3-12-15(2)4-6)7(10(18)19)13-14-16/h3-5H,1-2H3,(H2,11,17)(H,18,19). The molecule has 1 unspecified atom stereocenters. The van der Waals surface area contributed by atoms with Crippen molar-refractivity contribution >= 4 is 11.9 Å². The number of nitrogens with zero attached hydrogens (tertiary/aromatic N) is 5. The number of carboxylic acid groups (broad SMARTS) is 1. The van der Waals surface area contributed by atoms with E-state index in [0.717, 1.165) is 0 Å². The highest BCUT2D eigenvalue weighted by Crippen LogP contribution is 2.24. The second kappa shape index (κ2) is 4.52. The number of aromatic carboxylic acids is 1. The second-order valence-corrected chi connectivity index (χ2v) is 4.02. The smallest absolute Gasteiger partial charge is 0.358 e. The number of hydrogen-bond donors (Lipinski definition) is 2. The molecule has 9 heteroatoms. The van der Waals surface area contributed by atoms with Crippen molar-refractivity contribution in [3.63, 3.8) is 0 Å². The molecule has 3 N–H and O–H groups in total. The van der Waals surface area contributed by atoms with E-state index < -0.39 is 17.9 Å². The predicted molar refractivity (Wildman–Crippen MR) is 63.1 cm³/mol. The summed E-state index contributed by atoms with van der Waals surface area (Å²) < 4.78 is 2.69. The van der Waals surface area contributed by atoms with E-state index in [1.807, 2.05) is 0 Å². The van der Waals surface area contributed by atoms with Gasteiger partial charge in [0.05, 0.1) is 6.20 Å². The monoisotopic (exact) mass is 264 g/mol. The lowest BCUT2D eigenvalue weighted by Crippen LogP contribution is -2.25. The van der Waals surface area contributed by atoms with Crippen molar-refractivity contribution in [2.24, 2.45) is 12.8 Å². The normalized spacial score (nSPS) is 12.3. The molecule has 100 valence electrons. The Labute approximate surface area is 107 Å². The summed E-state index contributed by atoms with van der Waals surface area (Å²) in [6.45, 7) is 1.52. The highest BCUT2D eigenvalue weighted by molar-refractivity contribution is 5.93. The Balaban J connectivity index is 2.63. The van der Waals surface area contributed by atoms with Crippen molar-refractivity contribution < 1.29 is 14.7 Å². The molecule has 2 heterocycles. The zero-order valence-corrected chi connectivity index (χ0v) is 10.3. The highest BCUT2D eigenvalue weighted by Gasteiger charge is 2.26. The Morgan fingerprint density at radius 1 is 1.47 bits per heavy atom. The maximum absolute atomic E-state index is 11.2. The molecule has 0 fully saturated rings. The maximum atomic E-state index is 11.2. The quantitative estimate of drug-likeness (QED) is 0.760. The van der Waals surface area contributed by atoms with Crippen molar-refractivity contribution in [3.05, 3.63) is 18.1 Å². The van der Waals surface area contributed by atoms with Crippen LogP contribution in [0.5, 0.6) is 0 Å². The van der Waals surface area contributed by atoms with Crippen LogP contribution in [-0.2, 0) is 11.8 Å². The Kier molecular flexibility index (Phi) is 3.03. The highest BCUT2D eigenvalue weighted by atomic mass is 16.4. The molecule has 0 bridgehead atoms. The number of rotatable bonds is 4. The number of nitrogens with two attached hydrogens (primary N) is 1. The van der Waals surface area contributed by atoms with Gasteiger partial charge in [-0.05, 0) is 6.92 Å². The molecule has 0 saturated carbocycles. The Morgan fingerprint density at radius 2 is 2.16 bits per heavy atom. The number of aromatic nitrogens is 5. The second-order valence-electron chi connectivity index (χ2n) is 4.02. The summed E-state index contributed by atoms with van der Waals surface area (Å²) in [5, 5.41) is 20.3. The summed E-state index contributed by atoms with van der Waals surface area (Å²) in [6, 6.07) is -0.809. The van der Waals surface area contributed by atoms with Gasteiger partial charge in [-0.1, -0.05) is 5.21 Å². The van der Waals surface area contributed by atoms with Crippen molar-refractivity contribution in [2.75, 3.05) is 0 Å². The van der Waals surface area contributed by atoms with E-state index in [1.54, 1.807) is 13.2 Å². The van der Waals surface area contributed by atoms with Crippen LogP contribution in [0.2, 0.25) is 0 Å². The molecule has 19 heavy (non-hydrogen) atoms. The van der Waals surface area contributed by atoms with Gasteiger partial charge in [0.2, 0.25) is 5.91 Å². The van der Waals surface area contributed by atoms with E-state index in [-0.39, 0.29) is 11.4 Å². The number of carbonyl (C=O) groups excluding carboxylic acids is 1. The molecule has 0 saturated heterocycles.